The van der Waals surface area contributed by atoms with Crippen molar-refractivity contribution in [2.45, 2.75) is 52.4 Å². The summed E-state index contributed by atoms with van der Waals surface area (Å²) >= 11 is 1.48. The molecule has 90 valence electrons. The summed E-state index contributed by atoms with van der Waals surface area (Å²) in [6.07, 6.45) is 4.05. The molecule has 4 heteroatoms. The van der Waals surface area contributed by atoms with Crippen LogP contribution in [-0.2, 0) is 5.41 Å². The summed E-state index contributed by atoms with van der Waals surface area (Å²) in [5, 5.41) is 4.39. The first-order chi connectivity index (χ1) is 7.39. The molecule has 0 amide bonds. The first-order valence-electron chi connectivity index (χ1n) is 5.97. The van der Waals surface area contributed by atoms with Crippen LogP contribution < -0.4 is 5.32 Å². The van der Waals surface area contributed by atoms with Crippen molar-refractivity contribution in [1.29, 1.82) is 0 Å². The van der Waals surface area contributed by atoms with Gasteiger partial charge in [0.15, 0.2) is 0 Å². The third kappa shape index (κ3) is 2.54. The largest absolute Gasteiger partial charge is 0.360 e. The van der Waals surface area contributed by atoms with Crippen LogP contribution in [0.2, 0.25) is 0 Å². The van der Waals surface area contributed by atoms with Gasteiger partial charge in [-0.2, -0.15) is 4.37 Å². The molecule has 1 saturated carbocycles. The zero-order valence-corrected chi connectivity index (χ0v) is 11.4. The summed E-state index contributed by atoms with van der Waals surface area (Å²) in [7, 11) is 0. The van der Waals surface area contributed by atoms with Gasteiger partial charge in [0.25, 0.3) is 0 Å². The molecule has 1 aliphatic rings. The Morgan fingerprint density at radius 2 is 2.06 bits per heavy atom. The minimum absolute atomic E-state index is 0.0524. The zero-order chi connectivity index (χ0) is 11.8. The summed E-state index contributed by atoms with van der Waals surface area (Å²) in [6.45, 7) is 9.81. The van der Waals surface area contributed by atoms with Crippen LogP contribution in [0.15, 0.2) is 0 Å². The van der Waals surface area contributed by atoms with Gasteiger partial charge >= 0.3 is 0 Å². The van der Waals surface area contributed by atoms with Crippen LogP contribution in [0.1, 0.15) is 52.8 Å². The normalized spacial score (nSPS) is 19.2. The highest BCUT2D eigenvalue weighted by molar-refractivity contribution is 7.09. The summed E-state index contributed by atoms with van der Waals surface area (Å²) in [6, 6.07) is 0. The molecule has 1 aromatic rings. The van der Waals surface area contributed by atoms with Crippen molar-refractivity contribution in [3.05, 3.63) is 5.82 Å². The zero-order valence-electron chi connectivity index (χ0n) is 10.6. The fraction of sp³-hybridized carbons (Fsp3) is 0.833. The lowest BCUT2D eigenvalue weighted by Crippen LogP contribution is -2.33. The second kappa shape index (κ2) is 3.99. The highest BCUT2D eigenvalue weighted by Gasteiger charge is 2.31. The maximum absolute atomic E-state index is 4.54. The SMILES string of the molecule is CC1(CNc2nc(C(C)(C)C)ns2)CCC1. The van der Waals surface area contributed by atoms with E-state index in [0.717, 1.165) is 17.5 Å². The van der Waals surface area contributed by atoms with Crippen molar-refractivity contribution in [2.75, 3.05) is 11.9 Å². The van der Waals surface area contributed by atoms with Crippen LogP contribution in [-0.4, -0.2) is 15.9 Å². The molecule has 2 rings (SSSR count). The fourth-order valence-corrected chi connectivity index (χ4v) is 2.60. The molecule has 0 spiro atoms. The van der Waals surface area contributed by atoms with Crippen molar-refractivity contribution in [2.24, 2.45) is 5.41 Å². The predicted molar refractivity (Wildman–Crippen MR) is 69.1 cm³/mol. The lowest BCUT2D eigenvalue weighted by molar-refractivity contribution is 0.180. The lowest BCUT2D eigenvalue weighted by Gasteiger charge is -2.38. The molecule has 1 N–H and O–H groups in total. The number of hydrogen-bond acceptors (Lipinski definition) is 4. The smallest absolute Gasteiger partial charge is 0.202 e. The summed E-state index contributed by atoms with van der Waals surface area (Å²) in [4.78, 5) is 4.54. The number of hydrogen-bond donors (Lipinski definition) is 1. The standard InChI is InChI=1S/C12H21N3S/c1-11(2,3)9-14-10(16-15-9)13-8-12(4)6-5-7-12/h5-8H2,1-4H3,(H,13,14,15). The van der Waals surface area contributed by atoms with E-state index in [4.69, 9.17) is 0 Å². The molecule has 1 aliphatic carbocycles. The molecule has 0 saturated heterocycles. The van der Waals surface area contributed by atoms with E-state index < -0.39 is 0 Å². The third-order valence-corrected chi connectivity index (χ3v) is 4.00. The molecule has 3 nitrogen and oxygen atoms in total. The Bertz CT molecular complexity index is 361. The first kappa shape index (κ1) is 11.8. The Kier molecular flexibility index (Phi) is 2.95. The van der Waals surface area contributed by atoms with E-state index in [2.05, 4.69) is 42.4 Å². The molecule has 1 fully saturated rings. The average Bonchev–Trinajstić information content (AvgIpc) is 2.59. The van der Waals surface area contributed by atoms with Crippen LogP contribution in [0.3, 0.4) is 0 Å². The summed E-state index contributed by atoms with van der Waals surface area (Å²) in [5.74, 6) is 0.943. The van der Waals surface area contributed by atoms with Crippen LogP contribution in [0.25, 0.3) is 0 Å². The Morgan fingerprint density at radius 1 is 1.38 bits per heavy atom. The number of aromatic nitrogens is 2. The van der Waals surface area contributed by atoms with Gasteiger partial charge in [0.2, 0.25) is 5.13 Å². The predicted octanol–water partition coefficient (Wildman–Crippen LogP) is 3.44. The van der Waals surface area contributed by atoms with Gasteiger partial charge in [0, 0.05) is 23.5 Å². The van der Waals surface area contributed by atoms with Crippen molar-refractivity contribution in [1.82, 2.24) is 9.36 Å². The molecule has 16 heavy (non-hydrogen) atoms. The molecular formula is C12H21N3S. The average molecular weight is 239 g/mol. The molecular weight excluding hydrogens is 218 g/mol. The molecule has 0 unspecified atom stereocenters. The number of nitrogens with zero attached hydrogens (tertiary/aromatic N) is 2. The van der Waals surface area contributed by atoms with E-state index in [1.165, 1.54) is 30.8 Å². The molecule has 1 heterocycles. The summed E-state index contributed by atoms with van der Waals surface area (Å²) in [5.41, 5.74) is 0.546. The molecule has 0 aliphatic heterocycles. The highest BCUT2D eigenvalue weighted by atomic mass is 32.1. The van der Waals surface area contributed by atoms with Crippen LogP contribution in [0.5, 0.6) is 0 Å². The van der Waals surface area contributed by atoms with Crippen LogP contribution >= 0.6 is 11.5 Å². The maximum atomic E-state index is 4.54. The molecule has 0 atom stereocenters. The quantitative estimate of drug-likeness (QED) is 0.878. The van der Waals surface area contributed by atoms with E-state index in [-0.39, 0.29) is 5.41 Å². The second-order valence-electron chi connectivity index (χ2n) is 6.19. The number of nitrogens with one attached hydrogen (secondary N) is 1. The minimum atomic E-state index is 0.0524. The van der Waals surface area contributed by atoms with Crippen molar-refractivity contribution in [3.63, 3.8) is 0 Å². The van der Waals surface area contributed by atoms with Gasteiger partial charge in [-0.15, -0.1) is 0 Å². The highest BCUT2D eigenvalue weighted by Crippen LogP contribution is 2.40. The molecule has 0 radical (unpaired) electrons. The Morgan fingerprint density at radius 3 is 2.50 bits per heavy atom. The minimum Gasteiger partial charge on any atom is -0.360 e. The monoisotopic (exact) mass is 239 g/mol. The van der Waals surface area contributed by atoms with Crippen molar-refractivity contribution < 1.29 is 0 Å². The van der Waals surface area contributed by atoms with Crippen molar-refractivity contribution in [3.8, 4) is 0 Å². The van der Waals surface area contributed by atoms with Gasteiger partial charge in [-0.05, 0) is 18.3 Å². The Balaban J connectivity index is 1.93. The van der Waals surface area contributed by atoms with E-state index >= 15 is 0 Å². The van der Waals surface area contributed by atoms with Gasteiger partial charge < -0.3 is 5.32 Å². The van der Waals surface area contributed by atoms with E-state index in [0.29, 0.717) is 5.41 Å². The van der Waals surface area contributed by atoms with E-state index in [9.17, 15) is 0 Å². The number of rotatable bonds is 3. The van der Waals surface area contributed by atoms with Crippen LogP contribution in [0, 0.1) is 5.41 Å². The van der Waals surface area contributed by atoms with Gasteiger partial charge in [0.1, 0.15) is 5.82 Å². The lowest BCUT2D eigenvalue weighted by atomic mass is 9.70. The topological polar surface area (TPSA) is 37.8 Å². The van der Waals surface area contributed by atoms with Gasteiger partial charge in [-0.25, -0.2) is 4.98 Å². The van der Waals surface area contributed by atoms with Gasteiger partial charge in [-0.3, -0.25) is 0 Å². The molecule has 0 bridgehead atoms. The number of anilines is 1. The second-order valence-corrected chi connectivity index (χ2v) is 6.94. The molecule has 0 aromatic carbocycles. The Labute approximate surface area is 102 Å². The van der Waals surface area contributed by atoms with Gasteiger partial charge in [-0.1, -0.05) is 34.1 Å². The molecule has 1 aromatic heterocycles. The summed E-state index contributed by atoms with van der Waals surface area (Å²) < 4.78 is 4.40. The first-order valence-corrected chi connectivity index (χ1v) is 6.75. The van der Waals surface area contributed by atoms with Gasteiger partial charge in [0.05, 0.1) is 0 Å². The third-order valence-electron chi connectivity index (χ3n) is 3.32. The Hall–Kier alpha value is -0.640. The van der Waals surface area contributed by atoms with E-state index in [1.54, 1.807) is 0 Å². The maximum Gasteiger partial charge on any atom is 0.202 e. The fourth-order valence-electron chi connectivity index (χ4n) is 1.85. The van der Waals surface area contributed by atoms with Crippen molar-refractivity contribution >= 4 is 16.7 Å². The van der Waals surface area contributed by atoms with E-state index in [1.807, 2.05) is 0 Å². The van der Waals surface area contributed by atoms with Crippen LogP contribution in [0.4, 0.5) is 5.13 Å².